The van der Waals surface area contributed by atoms with Gasteiger partial charge in [0.05, 0.1) is 5.69 Å². The molecule has 0 spiro atoms. The van der Waals surface area contributed by atoms with Gasteiger partial charge >= 0.3 is 0 Å². The molecule has 1 rings (SSSR count). The Morgan fingerprint density at radius 1 is 1.53 bits per heavy atom. The standard InChI is InChI=1S/C14H23N3O2/c1-5-11(15)8-12-13(7-6-9(2)17-12)19-10(3)14(18)16-4/h6-7,10-11H,5,8,15H2,1-4H3,(H,16,18). The first kappa shape index (κ1) is 15.4. The van der Waals surface area contributed by atoms with Crippen molar-refractivity contribution in [3.63, 3.8) is 0 Å². The van der Waals surface area contributed by atoms with E-state index in [0.29, 0.717) is 12.2 Å². The second-order valence-electron chi connectivity index (χ2n) is 4.64. The molecule has 1 aromatic heterocycles. The Balaban J connectivity index is 2.90. The van der Waals surface area contributed by atoms with Crippen LogP contribution in [0.4, 0.5) is 0 Å². The zero-order chi connectivity index (χ0) is 14.4. The van der Waals surface area contributed by atoms with Gasteiger partial charge in [-0.3, -0.25) is 9.78 Å². The molecule has 5 nitrogen and oxygen atoms in total. The van der Waals surface area contributed by atoms with Crippen LogP contribution in [0.5, 0.6) is 5.75 Å². The lowest BCUT2D eigenvalue weighted by Crippen LogP contribution is -2.34. The smallest absolute Gasteiger partial charge is 0.260 e. The summed E-state index contributed by atoms with van der Waals surface area (Å²) >= 11 is 0. The number of likely N-dealkylation sites (N-methyl/N-ethyl adjacent to an activating group) is 1. The van der Waals surface area contributed by atoms with E-state index < -0.39 is 6.10 Å². The number of aromatic nitrogens is 1. The van der Waals surface area contributed by atoms with Gasteiger partial charge in [-0.15, -0.1) is 0 Å². The molecule has 2 atom stereocenters. The summed E-state index contributed by atoms with van der Waals surface area (Å²) in [6.07, 6.45) is 0.972. The highest BCUT2D eigenvalue weighted by Gasteiger charge is 2.16. The fourth-order valence-corrected chi connectivity index (χ4v) is 1.69. The lowest BCUT2D eigenvalue weighted by atomic mass is 10.1. The van der Waals surface area contributed by atoms with Crippen LogP contribution in [-0.4, -0.2) is 30.1 Å². The average Bonchev–Trinajstić information content (AvgIpc) is 2.40. The summed E-state index contributed by atoms with van der Waals surface area (Å²) in [6, 6.07) is 3.76. The Kier molecular flexibility index (Phi) is 5.76. The van der Waals surface area contributed by atoms with Crippen LogP contribution in [-0.2, 0) is 11.2 Å². The molecule has 0 aromatic carbocycles. The largest absolute Gasteiger partial charge is 0.479 e. The van der Waals surface area contributed by atoms with Crippen molar-refractivity contribution in [2.75, 3.05) is 7.05 Å². The van der Waals surface area contributed by atoms with E-state index in [0.717, 1.165) is 17.8 Å². The lowest BCUT2D eigenvalue weighted by molar-refractivity contribution is -0.126. The van der Waals surface area contributed by atoms with Crippen molar-refractivity contribution in [1.29, 1.82) is 0 Å². The van der Waals surface area contributed by atoms with Gasteiger partial charge in [-0.2, -0.15) is 0 Å². The molecule has 19 heavy (non-hydrogen) atoms. The summed E-state index contributed by atoms with van der Waals surface area (Å²) in [6.45, 7) is 5.67. The molecule has 2 unspecified atom stereocenters. The lowest BCUT2D eigenvalue weighted by Gasteiger charge is -2.17. The van der Waals surface area contributed by atoms with Crippen molar-refractivity contribution < 1.29 is 9.53 Å². The van der Waals surface area contributed by atoms with Crippen molar-refractivity contribution in [1.82, 2.24) is 10.3 Å². The molecule has 106 valence electrons. The second-order valence-corrected chi connectivity index (χ2v) is 4.64. The second kappa shape index (κ2) is 7.09. The van der Waals surface area contributed by atoms with E-state index in [9.17, 15) is 4.79 Å². The maximum Gasteiger partial charge on any atom is 0.260 e. The zero-order valence-electron chi connectivity index (χ0n) is 12.1. The first-order valence-corrected chi connectivity index (χ1v) is 6.58. The molecule has 0 saturated carbocycles. The van der Waals surface area contributed by atoms with Crippen molar-refractivity contribution >= 4 is 5.91 Å². The molecule has 0 aliphatic carbocycles. The molecule has 0 aliphatic rings. The highest BCUT2D eigenvalue weighted by Crippen LogP contribution is 2.20. The van der Waals surface area contributed by atoms with Crippen LogP contribution < -0.4 is 15.8 Å². The molecule has 5 heteroatoms. The molecule has 0 radical (unpaired) electrons. The number of ether oxygens (including phenoxy) is 1. The minimum absolute atomic E-state index is 0.0481. The van der Waals surface area contributed by atoms with Crippen LogP contribution in [0.2, 0.25) is 0 Å². The number of nitrogens with one attached hydrogen (secondary N) is 1. The SMILES string of the molecule is CCC(N)Cc1nc(C)ccc1OC(C)C(=O)NC. The molecule has 3 N–H and O–H groups in total. The Morgan fingerprint density at radius 3 is 2.79 bits per heavy atom. The summed E-state index contributed by atoms with van der Waals surface area (Å²) in [4.78, 5) is 16.0. The third kappa shape index (κ3) is 4.52. The number of pyridine rings is 1. The van der Waals surface area contributed by atoms with Gasteiger partial charge in [0.2, 0.25) is 0 Å². The fraction of sp³-hybridized carbons (Fsp3) is 0.571. The third-order valence-electron chi connectivity index (χ3n) is 2.97. The van der Waals surface area contributed by atoms with Gasteiger partial charge in [-0.25, -0.2) is 0 Å². The van der Waals surface area contributed by atoms with E-state index in [1.54, 1.807) is 14.0 Å². The summed E-state index contributed by atoms with van der Waals surface area (Å²) in [5.74, 6) is 0.469. The van der Waals surface area contributed by atoms with E-state index in [1.165, 1.54) is 0 Å². The van der Waals surface area contributed by atoms with Crippen molar-refractivity contribution in [3.8, 4) is 5.75 Å². The number of hydrogen-bond acceptors (Lipinski definition) is 4. The van der Waals surface area contributed by atoms with Crippen LogP contribution >= 0.6 is 0 Å². The van der Waals surface area contributed by atoms with Crippen LogP contribution in [0.25, 0.3) is 0 Å². The predicted molar refractivity (Wildman–Crippen MR) is 75.1 cm³/mol. The summed E-state index contributed by atoms with van der Waals surface area (Å²) < 4.78 is 5.67. The van der Waals surface area contributed by atoms with Crippen molar-refractivity contribution in [2.24, 2.45) is 5.73 Å². The van der Waals surface area contributed by atoms with E-state index in [1.807, 2.05) is 26.0 Å². The predicted octanol–water partition coefficient (Wildman–Crippen LogP) is 1.18. The highest BCUT2D eigenvalue weighted by atomic mass is 16.5. The first-order valence-electron chi connectivity index (χ1n) is 6.58. The van der Waals surface area contributed by atoms with Crippen LogP contribution in [0.15, 0.2) is 12.1 Å². The molecule has 1 amide bonds. The Hall–Kier alpha value is -1.62. The topological polar surface area (TPSA) is 77.2 Å². The summed E-state index contributed by atoms with van der Waals surface area (Å²) in [5.41, 5.74) is 7.69. The number of nitrogens with zero attached hydrogens (tertiary/aromatic N) is 1. The minimum Gasteiger partial charge on any atom is -0.479 e. The molecular formula is C14H23N3O2. The summed E-state index contributed by atoms with van der Waals surface area (Å²) in [5, 5.41) is 2.56. The number of carbonyl (C=O) groups is 1. The number of rotatable bonds is 6. The zero-order valence-corrected chi connectivity index (χ0v) is 12.1. The summed E-state index contributed by atoms with van der Waals surface area (Å²) in [7, 11) is 1.59. The Bertz CT molecular complexity index is 435. The van der Waals surface area contributed by atoms with Crippen LogP contribution in [0.3, 0.4) is 0 Å². The maximum absolute atomic E-state index is 11.5. The quantitative estimate of drug-likeness (QED) is 0.810. The number of hydrogen-bond donors (Lipinski definition) is 2. The van der Waals surface area contributed by atoms with Gasteiger partial charge in [-0.05, 0) is 32.4 Å². The Morgan fingerprint density at radius 2 is 2.21 bits per heavy atom. The monoisotopic (exact) mass is 265 g/mol. The number of nitrogens with two attached hydrogens (primary N) is 1. The normalized spacial score (nSPS) is 13.7. The number of amides is 1. The first-order chi connectivity index (χ1) is 8.97. The molecule has 0 aliphatic heterocycles. The van der Waals surface area contributed by atoms with Gasteiger partial charge in [0.1, 0.15) is 5.75 Å². The van der Waals surface area contributed by atoms with Gasteiger partial charge in [0, 0.05) is 25.2 Å². The van der Waals surface area contributed by atoms with E-state index in [2.05, 4.69) is 10.3 Å². The van der Waals surface area contributed by atoms with Crippen molar-refractivity contribution in [2.45, 2.75) is 45.8 Å². The highest BCUT2D eigenvalue weighted by molar-refractivity contribution is 5.80. The molecule has 0 bridgehead atoms. The molecular weight excluding hydrogens is 242 g/mol. The van der Waals surface area contributed by atoms with E-state index in [4.69, 9.17) is 10.5 Å². The maximum atomic E-state index is 11.5. The number of aryl methyl sites for hydroxylation is 1. The van der Waals surface area contributed by atoms with Gasteiger partial charge in [0.15, 0.2) is 6.10 Å². The third-order valence-corrected chi connectivity index (χ3v) is 2.97. The van der Waals surface area contributed by atoms with Crippen LogP contribution in [0.1, 0.15) is 31.7 Å². The van der Waals surface area contributed by atoms with E-state index in [-0.39, 0.29) is 11.9 Å². The average molecular weight is 265 g/mol. The van der Waals surface area contributed by atoms with Gasteiger partial charge in [0.25, 0.3) is 5.91 Å². The Labute approximate surface area is 114 Å². The fourth-order valence-electron chi connectivity index (χ4n) is 1.69. The molecule has 1 aromatic rings. The van der Waals surface area contributed by atoms with E-state index >= 15 is 0 Å². The molecule has 1 heterocycles. The molecule has 0 saturated heterocycles. The van der Waals surface area contributed by atoms with Crippen molar-refractivity contribution in [3.05, 3.63) is 23.5 Å². The minimum atomic E-state index is -0.550. The number of carbonyl (C=O) groups excluding carboxylic acids is 1. The van der Waals surface area contributed by atoms with Crippen LogP contribution in [0, 0.1) is 6.92 Å². The van der Waals surface area contributed by atoms with Gasteiger partial charge < -0.3 is 15.8 Å². The van der Waals surface area contributed by atoms with Gasteiger partial charge in [-0.1, -0.05) is 6.92 Å². The molecule has 0 fully saturated rings.